The Kier molecular flexibility index (Phi) is 6.38. The van der Waals surface area contributed by atoms with Gasteiger partial charge in [-0.25, -0.2) is 9.97 Å². The Morgan fingerprint density at radius 2 is 1.89 bits per heavy atom. The first-order chi connectivity index (χ1) is 9.11. The van der Waals surface area contributed by atoms with Gasteiger partial charge in [0.2, 0.25) is 0 Å². The Bertz CT molecular complexity index is 381. The molecule has 0 bridgehead atoms. The van der Waals surface area contributed by atoms with E-state index in [0.717, 1.165) is 49.6 Å². The number of nitrogens with zero attached hydrogens (tertiary/aromatic N) is 2. The van der Waals surface area contributed by atoms with Gasteiger partial charge in [-0.3, -0.25) is 0 Å². The van der Waals surface area contributed by atoms with E-state index in [1.54, 1.807) is 7.11 Å². The summed E-state index contributed by atoms with van der Waals surface area (Å²) in [5, 5.41) is 3.38. The largest absolute Gasteiger partial charge is 0.370 e. The quantitative estimate of drug-likeness (QED) is 0.734. The molecule has 0 aliphatic carbocycles. The fourth-order valence-corrected chi connectivity index (χ4v) is 2.27. The van der Waals surface area contributed by atoms with Crippen molar-refractivity contribution in [3.8, 4) is 0 Å². The second-order valence-corrected chi connectivity index (χ2v) is 4.91. The van der Waals surface area contributed by atoms with E-state index in [0.29, 0.717) is 0 Å². The van der Waals surface area contributed by atoms with Crippen LogP contribution in [-0.2, 0) is 16.9 Å². The van der Waals surface area contributed by atoms with Crippen LogP contribution in [0.15, 0.2) is 6.07 Å². The van der Waals surface area contributed by atoms with Gasteiger partial charge in [0.1, 0.15) is 5.60 Å². The van der Waals surface area contributed by atoms with Crippen molar-refractivity contribution in [1.29, 1.82) is 0 Å². The van der Waals surface area contributed by atoms with Crippen molar-refractivity contribution in [3.05, 3.63) is 23.3 Å². The summed E-state index contributed by atoms with van der Waals surface area (Å²) in [5.74, 6) is 0.813. The Morgan fingerprint density at radius 3 is 2.42 bits per heavy atom. The Morgan fingerprint density at radius 1 is 1.21 bits per heavy atom. The molecule has 0 aliphatic rings. The summed E-state index contributed by atoms with van der Waals surface area (Å²) < 4.78 is 5.71. The first-order valence-corrected chi connectivity index (χ1v) is 7.22. The third-order valence-corrected chi connectivity index (χ3v) is 3.58. The van der Waals surface area contributed by atoms with Crippen molar-refractivity contribution in [3.63, 3.8) is 0 Å². The van der Waals surface area contributed by atoms with E-state index >= 15 is 0 Å². The number of methoxy groups -OCH3 is 1. The minimum absolute atomic E-state index is 0.356. The lowest BCUT2D eigenvalue weighted by Gasteiger charge is -2.29. The van der Waals surface area contributed by atoms with Crippen LogP contribution >= 0.6 is 0 Å². The lowest BCUT2D eigenvalue weighted by Crippen LogP contribution is -2.30. The van der Waals surface area contributed by atoms with E-state index in [-0.39, 0.29) is 5.60 Å². The monoisotopic (exact) mass is 265 g/mol. The number of ether oxygens (including phenoxy) is 1. The normalized spacial score (nSPS) is 11.8. The van der Waals surface area contributed by atoms with Gasteiger partial charge >= 0.3 is 0 Å². The van der Waals surface area contributed by atoms with E-state index in [1.165, 1.54) is 0 Å². The molecule has 1 aromatic heterocycles. The predicted molar refractivity (Wildman–Crippen MR) is 78.0 cm³/mol. The van der Waals surface area contributed by atoms with Crippen LogP contribution < -0.4 is 5.32 Å². The maximum Gasteiger partial charge on any atom is 0.160 e. The zero-order valence-electron chi connectivity index (χ0n) is 12.9. The predicted octanol–water partition coefficient (Wildman–Crippen LogP) is 2.95. The zero-order chi connectivity index (χ0) is 14.3. The standard InChI is InChI=1S/C15H27N3O/c1-6-9-16-11-13-10-12(4)17-14(18-13)15(7-2,8-3)19-5/h10,16H,6-9,11H2,1-5H3. The van der Waals surface area contributed by atoms with Crippen molar-refractivity contribution in [1.82, 2.24) is 15.3 Å². The highest BCUT2D eigenvalue weighted by Crippen LogP contribution is 2.29. The summed E-state index contributed by atoms with van der Waals surface area (Å²) in [6.45, 7) is 10.2. The van der Waals surface area contributed by atoms with Gasteiger partial charge in [-0.15, -0.1) is 0 Å². The van der Waals surface area contributed by atoms with Crippen LogP contribution in [0.4, 0.5) is 0 Å². The SMILES string of the molecule is CCCNCc1cc(C)nc(C(CC)(CC)OC)n1. The van der Waals surface area contributed by atoms with Crippen LogP contribution in [-0.4, -0.2) is 23.6 Å². The second kappa shape index (κ2) is 7.56. The van der Waals surface area contributed by atoms with Crippen LogP contribution in [0.5, 0.6) is 0 Å². The van der Waals surface area contributed by atoms with Crippen LogP contribution in [0.25, 0.3) is 0 Å². The van der Waals surface area contributed by atoms with Crippen molar-refractivity contribution < 1.29 is 4.74 Å². The molecule has 4 heteroatoms. The number of aromatic nitrogens is 2. The molecule has 0 atom stereocenters. The van der Waals surface area contributed by atoms with E-state index in [4.69, 9.17) is 9.72 Å². The Hall–Kier alpha value is -1.00. The van der Waals surface area contributed by atoms with Gasteiger partial charge in [-0.1, -0.05) is 20.8 Å². The fourth-order valence-electron chi connectivity index (χ4n) is 2.27. The molecule has 0 spiro atoms. The lowest BCUT2D eigenvalue weighted by molar-refractivity contribution is -0.0294. The number of hydrogen-bond donors (Lipinski definition) is 1. The molecule has 0 saturated heterocycles. The molecule has 0 unspecified atom stereocenters. The molecule has 1 rings (SSSR count). The molecule has 0 radical (unpaired) electrons. The summed E-state index contributed by atoms with van der Waals surface area (Å²) >= 11 is 0. The third kappa shape index (κ3) is 3.98. The van der Waals surface area contributed by atoms with Gasteiger partial charge in [0.25, 0.3) is 0 Å². The average molecular weight is 265 g/mol. The highest BCUT2D eigenvalue weighted by Gasteiger charge is 2.31. The molecule has 4 nitrogen and oxygen atoms in total. The average Bonchev–Trinajstić information content (AvgIpc) is 2.41. The molecule has 108 valence electrons. The molecule has 19 heavy (non-hydrogen) atoms. The van der Waals surface area contributed by atoms with E-state index < -0.39 is 0 Å². The van der Waals surface area contributed by atoms with Crippen LogP contribution in [0.1, 0.15) is 57.2 Å². The van der Waals surface area contributed by atoms with Crippen molar-refractivity contribution >= 4 is 0 Å². The van der Waals surface area contributed by atoms with E-state index in [2.05, 4.69) is 31.1 Å². The molecule has 1 aromatic rings. The summed E-state index contributed by atoms with van der Waals surface area (Å²) in [6, 6.07) is 2.04. The number of hydrogen-bond acceptors (Lipinski definition) is 4. The van der Waals surface area contributed by atoms with Crippen LogP contribution in [0.3, 0.4) is 0 Å². The van der Waals surface area contributed by atoms with Crippen molar-refractivity contribution in [2.24, 2.45) is 0 Å². The van der Waals surface area contributed by atoms with Crippen molar-refractivity contribution in [2.45, 2.75) is 59.1 Å². The minimum atomic E-state index is -0.356. The summed E-state index contributed by atoms with van der Waals surface area (Å²) in [4.78, 5) is 9.27. The van der Waals surface area contributed by atoms with Crippen LogP contribution in [0, 0.1) is 6.92 Å². The highest BCUT2D eigenvalue weighted by atomic mass is 16.5. The van der Waals surface area contributed by atoms with E-state index in [1.807, 2.05) is 13.0 Å². The number of nitrogens with one attached hydrogen (secondary N) is 1. The maximum absolute atomic E-state index is 5.71. The lowest BCUT2D eigenvalue weighted by atomic mass is 9.95. The fraction of sp³-hybridized carbons (Fsp3) is 0.733. The Balaban J connectivity index is 3.00. The Labute approximate surface area is 117 Å². The van der Waals surface area contributed by atoms with Gasteiger partial charge in [-0.05, 0) is 38.8 Å². The minimum Gasteiger partial charge on any atom is -0.370 e. The van der Waals surface area contributed by atoms with Gasteiger partial charge < -0.3 is 10.1 Å². The smallest absolute Gasteiger partial charge is 0.160 e. The molecule has 0 saturated carbocycles. The van der Waals surface area contributed by atoms with Crippen molar-refractivity contribution in [2.75, 3.05) is 13.7 Å². The molecule has 0 fully saturated rings. The van der Waals surface area contributed by atoms with Crippen LogP contribution in [0.2, 0.25) is 0 Å². The first-order valence-electron chi connectivity index (χ1n) is 7.22. The molecule has 1 heterocycles. The topological polar surface area (TPSA) is 47.0 Å². The second-order valence-electron chi connectivity index (χ2n) is 4.91. The maximum atomic E-state index is 5.71. The molecular weight excluding hydrogens is 238 g/mol. The van der Waals surface area contributed by atoms with Gasteiger partial charge in [0, 0.05) is 19.3 Å². The highest BCUT2D eigenvalue weighted by molar-refractivity contribution is 5.14. The number of aryl methyl sites for hydroxylation is 1. The van der Waals surface area contributed by atoms with Gasteiger partial charge in [-0.2, -0.15) is 0 Å². The summed E-state index contributed by atoms with van der Waals surface area (Å²) in [6.07, 6.45) is 2.89. The zero-order valence-corrected chi connectivity index (χ0v) is 12.9. The molecule has 0 aliphatic heterocycles. The van der Waals surface area contributed by atoms with Gasteiger partial charge in [0.05, 0.1) is 5.69 Å². The first kappa shape index (κ1) is 16.1. The summed E-state index contributed by atoms with van der Waals surface area (Å²) in [7, 11) is 1.74. The number of rotatable bonds is 8. The summed E-state index contributed by atoms with van der Waals surface area (Å²) in [5.41, 5.74) is 1.69. The third-order valence-electron chi connectivity index (χ3n) is 3.58. The molecular formula is C15H27N3O. The molecule has 0 aromatic carbocycles. The molecule has 0 amide bonds. The van der Waals surface area contributed by atoms with E-state index in [9.17, 15) is 0 Å². The van der Waals surface area contributed by atoms with Gasteiger partial charge in [0.15, 0.2) is 5.82 Å². The molecule has 1 N–H and O–H groups in total.